The molecule has 0 atom stereocenters. The molecule has 0 spiro atoms. The van der Waals surface area contributed by atoms with Crippen LogP contribution in [-0.2, 0) is 0 Å². The van der Waals surface area contributed by atoms with E-state index in [1.807, 2.05) is 6.07 Å². The average Bonchev–Trinajstić information content (AvgIpc) is 3.73. The van der Waals surface area contributed by atoms with Crippen molar-refractivity contribution in [3.8, 4) is 33.4 Å². The smallest absolute Gasteiger partial charge is 0.143 e. The van der Waals surface area contributed by atoms with Crippen LogP contribution in [0.1, 0.15) is 0 Å². The second-order valence-corrected chi connectivity index (χ2v) is 12.7. The fraction of sp³-hybridized carbons (Fsp3) is 0. The zero-order valence-electron chi connectivity index (χ0n) is 25.8. The van der Waals surface area contributed by atoms with Gasteiger partial charge in [0.15, 0.2) is 0 Å². The summed E-state index contributed by atoms with van der Waals surface area (Å²) in [6, 6.07) is 56.6. The summed E-state index contributed by atoms with van der Waals surface area (Å²) in [5.74, 6) is 0. The van der Waals surface area contributed by atoms with E-state index in [0.29, 0.717) is 0 Å². The average molecular weight is 611 g/mol. The molecule has 0 bridgehead atoms. The van der Waals surface area contributed by atoms with Crippen molar-refractivity contribution < 1.29 is 8.83 Å². The second kappa shape index (κ2) is 9.57. The van der Waals surface area contributed by atoms with Crippen molar-refractivity contribution in [3.05, 3.63) is 158 Å². The molecule has 2 heterocycles. The molecule has 2 aromatic heterocycles. The van der Waals surface area contributed by atoms with Crippen LogP contribution in [0, 0.1) is 0 Å². The fourth-order valence-electron chi connectivity index (χ4n) is 8.27. The lowest BCUT2D eigenvalue weighted by Crippen LogP contribution is -1.93. The number of furan rings is 2. The van der Waals surface area contributed by atoms with E-state index < -0.39 is 0 Å². The second-order valence-electron chi connectivity index (χ2n) is 12.7. The first-order valence-corrected chi connectivity index (χ1v) is 16.4. The first kappa shape index (κ1) is 25.8. The van der Waals surface area contributed by atoms with Crippen LogP contribution < -0.4 is 0 Å². The third-order valence-corrected chi connectivity index (χ3v) is 10.3. The summed E-state index contributed by atoms with van der Waals surface area (Å²) in [6.45, 7) is 0. The quantitative estimate of drug-likeness (QED) is 0.147. The Kier molecular flexibility index (Phi) is 5.14. The van der Waals surface area contributed by atoms with Crippen molar-refractivity contribution in [2.45, 2.75) is 0 Å². The summed E-state index contributed by atoms with van der Waals surface area (Å²) in [7, 11) is 0. The highest BCUT2D eigenvalue weighted by Crippen LogP contribution is 2.49. The van der Waals surface area contributed by atoms with Crippen LogP contribution in [0.4, 0.5) is 0 Å². The van der Waals surface area contributed by atoms with E-state index in [0.717, 1.165) is 44.2 Å². The summed E-state index contributed by atoms with van der Waals surface area (Å²) in [4.78, 5) is 0. The number of rotatable bonds is 3. The highest BCUT2D eigenvalue weighted by atomic mass is 16.3. The van der Waals surface area contributed by atoms with Gasteiger partial charge in [-0.3, -0.25) is 0 Å². The van der Waals surface area contributed by atoms with Gasteiger partial charge in [0.2, 0.25) is 0 Å². The van der Waals surface area contributed by atoms with Gasteiger partial charge in [0.25, 0.3) is 0 Å². The maximum absolute atomic E-state index is 6.56. The van der Waals surface area contributed by atoms with E-state index in [-0.39, 0.29) is 0 Å². The van der Waals surface area contributed by atoms with Crippen LogP contribution in [0.3, 0.4) is 0 Å². The summed E-state index contributed by atoms with van der Waals surface area (Å²) in [5.41, 5.74) is 10.8. The van der Waals surface area contributed by atoms with E-state index >= 15 is 0 Å². The monoisotopic (exact) mass is 610 g/mol. The molecule has 0 saturated carbocycles. The van der Waals surface area contributed by atoms with Gasteiger partial charge in [0.1, 0.15) is 22.3 Å². The minimum Gasteiger partial charge on any atom is -0.456 e. The zero-order valence-corrected chi connectivity index (χ0v) is 25.8. The first-order valence-electron chi connectivity index (χ1n) is 16.4. The van der Waals surface area contributed by atoms with E-state index in [9.17, 15) is 0 Å². The van der Waals surface area contributed by atoms with Gasteiger partial charge in [-0.05, 0) is 84.4 Å². The van der Waals surface area contributed by atoms with Crippen LogP contribution in [0.2, 0.25) is 0 Å². The SMILES string of the molecule is c1ccc(-c2cccc3c2oc2ccccc23)c(-c2c3ccccc3c(-c3ccc4oc5cccc6ccc3c4c65)c3ccccc23)c1. The van der Waals surface area contributed by atoms with Crippen molar-refractivity contribution >= 4 is 76.2 Å². The minimum absolute atomic E-state index is 0.908. The Morgan fingerprint density at radius 3 is 1.60 bits per heavy atom. The third kappa shape index (κ3) is 3.41. The lowest BCUT2D eigenvalue weighted by molar-refractivity contribution is 0.669. The Bertz CT molecular complexity index is 3010. The molecule has 9 aromatic carbocycles. The molecule has 0 saturated heterocycles. The molecule has 0 fully saturated rings. The maximum Gasteiger partial charge on any atom is 0.143 e. The lowest BCUT2D eigenvalue weighted by Gasteiger charge is -2.20. The summed E-state index contributed by atoms with van der Waals surface area (Å²) in [6.07, 6.45) is 0. The molecule has 0 aliphatic carbocycles. The van der Waals surface area contributed by atoms with Crippen molar-refractivity contribution in [2.24, 2.45) is 0 Å². The highest BCUT2D eigenvalue weighted by Gasteiger charge is 2.23. The molecule has 0 aliphatic rings. The van der Waals surface area contributed by atoms with Gasteiger partial charge in [-0.2, -0.15) is 0 Å². The van der Waals surface area contributed by atoms with Crippen LogP contribution in [0.15, 0.2) is 167 Å². The van der Waals surface area contributed by atoms with E-state index in [4.69, 9.17) is 8.83 Å². The summed E-state index contributed by atoms with van der Waals surface area (Å²) in [5, 5.41) is 12.0. The molecule has 0 radical (unpaired) electrons. The number of para-hydroxylation sites is 2. The molecule has 11 rings (SSSR count). The summed E-state index contributed by atoms with van der Waals surface area (Å²) < 4.78 is 12.9. The topological polar surface area (TPSA) is 26.3 Å². The molecular formula is C46H26O2. The van der Waals surface area contributed by atoms with Crippen molar-refractivity contribution in [3.63, 3.8) is 0 Å². The minimum atomic E-state index is 0.908. The predicted molar refractivity (Wildman–Crippen MR) is 201 cm³/mol. The Hall–Kier alpha value is -6.38. The van der Waals surface area contributed by atoms with Crippen LogP contribution in [-0.4, -0.2) is 0 Å². The van der Waals surface area contributed by atoms with E-state index in [1.54, 1.807) is 0 Å². The number of hydrogen-bond acceptors (Lipinski definition) is 2. The van der Waals surface area contributed by atoms with Gasteiger partial charge >= 0.3 is 0 Å². The van der Waals surface area contributed by atoms with Gasteiger partial charge in [-0.25, -0.2) is 0 Å². The third-order valence-electron chi connectivity index (χ3n) is 10.3. The predicted octanol–water partition coefficient (Wildman–Crippen LogP) is 13.4. The molecule has 2 nitrogen and oxygen atoms in total. The Morgan fingerprint density at radius 1 is 0.271 bits per heavy atom. The molecule has 0 unspecified atom stereocenters. The number of benzene rings is 9. The lowest BCUT2D eigenvalue weighted by atomic mass is 9.82. The van der Waals surface area contributed by atoms with Crippen molar-refractivity contribution in [1.29, 1.82) is 0 Å². The maximum atomic E-state index is 6.56. The largest absolute Gasteiger partial charge is 0.456 e. The van der Waals surface area contributed by atoms with E-state index in [2.05, 4.69) is 152 Å². The van der Waals surface area contributed by atoms with Gasteiger partial charge in [0, 0.05) is 27.1 Å². The van der Waals surface area contributed by atoms with Crippen LogP contribution >= 0.6 is 0 Å². The number of hydrogen-bond donors (Lipinski definition) is 0. The fourth-order valence-corrected chi connectivity index (χ4v) is 8.27. The van der Waals surface area contributed by atoms with Gasteiger partial charge in [-0.1, -0.05) is 133 Å². The molecule has 0 N–H and O–H groups in total. The molecule has 11 aromatic rings. The first-order chi connectivity index (χ1) is 23.8. The molecule has 0 aliphatic heterocycles. The Labute approximate surface area is 275 Å². The zero-order chi connectivity index (χ0) is 31.3. The van der Waals surface area contributed by atoms with Gasteiger partial charge in [-0.15, -0.1) is 0 Å². The van der Waals surface area contributed by atoms with Crippen molar-refractivity contribution in [1.82, 2.24) is 0 Å². The standard InChI is InChI=1S/C46H26O2/c1-2-14-30(28(12-1)37-19-10-20-38-29-13-7-8-21-39(29)48-46(37)38)43-31-15-3-5-17-33(31)44(34-18-6-4-16-32(34)43)35-25-26-41-45-36(35)24-23-27-11-9-22-40(47-41)42(27)45/h1-26H. The van der Waals surface area contributed by atoms with Crippen LogP contribution in [0.25, 0.3) is 110 Å². The van der Waals surface area contributed by atoms with E-state index in [1.165, 1.54) is 65.3 Å². The Morgan fingerprint density at radius 2 is 0.833 bits per heavy atom. The molecule has 2 heteroatoms. The summed E-state index contributed by atoms with van der Waals surface area (Å²) >= 11 is 0. The molecule has 222 valence electrons. The Balaban J connectivity index is 1.25. The highest BCUT2D eigenvalue weighted by molar-refractivity contribution is 6.29. The van der Waals surface area contributed by atoms with Gasteiger partial charge in [0.05, 0.1) is 0 Å². The molecule has 48 heavy (non-hydrogen) atoms. The van der Waals surface area contributed by atoms with Gasteiger partial charge < -0.3 is 8.83 Å². The van der Waals surface area contributed by atoms with Crippen LogP contribution in [0.5, 0.6) is 0 Å². The van der Waals surface area contributed by atoms with Crippen molar-refractivity contribution in [2.75, 3.05) is 0 Å². The molecule has 0 amide bonds. The molecular weight excluding hydrogens is 585 g/mol. The normalized spacial score (nSPS) is 12.2. The number of fused-ring (bicyclic) bond motifs is 5.